The van der Waals surface area contributed by atoms with Gasteiger partial charge in [0.05, 0.1) is 5.75 Å². The summed E-state index contributed by atoms with van der Waals surface area (Å²) in [6.45, 7) is 5.03. The molecule has 1 heterocycles. The van der Waals surface area contributed by atoms with E-state index in [2.05, 4.69) is 26.7 Å². The van der Waals surface area contributed by atoms with Gasteiger partial charge in [-0.25, -0.2) is 0 Å². The first-order chi connectivity index (χ1) is 11.3. The van der Waals surface area contributed by atoms with Crippen LogP contribution in [0.1, 0.15) is 30.1 Å². The molecule has 6 heteroatoms. The van der Waals surface area contributed by atoms with Crippen LogP contribution in [-0.2, 0) is 17.9 Å². The molecule has 1 saturated carbocycles. The van der Waals surface area contributed by atoms with Crippen LogP contribution in [-0.4, -0.2) is 26.4 Å². The Labute approximate surface area is 140 Å². The Kier molecular flexibility index (Phi) is 5.12. The molecule has 1 aromatic carbocycles. The molecule has 5 nitrogen and oxygen atoms in total. The summed E-state index contributed by atoms with van der Waals surface area (Å²) < 4.78 is 2.07. The lowest BCUT2D eigenvalue weighted by molar-refractivity contribution is -0.118. The van der Waals surface area contributed by atoms with Gasteiger partial charge in [0.2, 0.25) is 5.91 Å². The molecule has 1 fully saturated rings. The van der Waals surface area contributed by atoms with Crippen molar-refractivity contribution in [3.8, 4) is 0 Å². The third kappa shape index (κ3) is 4.22. The minimum Gasteiger partial charge on any atom is -0.351 e. The van der Waals surface area contributed by atoms with Crippen LogP contribution in [0.3, 0.4) is 0 Å². The number of carbonyl (C=O) groups excluding carboxylic acids is 1. The molecule has 0 bridgehead atoms. The number of aromatic nitrogens is 3. The van der Waals surface area contributed by atoms with E-state index in [1.807, 2.05) is 36.4 Å². The maximum absolute atomic E-state index is 12.0. The van der Waals surface area contributed by atoms with Crippen LogP contribution in [0.5, 0.6) is 0 Å². The number of amides is 1. The van der Waals surface area contributed by atoms with Gasteiger partial charge in [-0.1, -0.05) is 48.2 Å². The summed E-state index contributed by atoms with van der Waals surface area (Å²) >= 11 is 1.43. The largest absolute Gasteiger partial charge is 0.351 e. The Morgan fingerprint density at radius 2 is 2.13 bits per heavy atom. The zero-order valence-electron chi connectivity index (χ0n) is 12.9. The number of allylic oxidation sites excluding steroid dienone is 1. The summed E-state index contributed by atoms with van der Waals surface area (Å²) in [6.07, 6.45) is 4.20. The van der Waals surface area contributed by atoms with Crippen molar-refractivity contribution >= 4 is 17.7 Å². The molecule has 1 amide bonds. The molecular formula is C17H20N4OS. The maximum atomic E-state index is 12.0. The molecule has 1 aromatic heterocycles. The molecule has 0 unspecified atom stereocenters. The molecular weight excluding hydrogens is 308 g/mol. The van der Waals surface area contributed by atoms with Crippen molar-refractivity contribution in [3.05, 3.63) is 54.4 Å². The van der Waals surface area contributed by atoms with Gasteiger partial charge in [-0.2, -0.15) is 0 Å². The first kappa shape index (κ1) is 15.8. The molecule has 0 saturated heterocycles. The van der Waals surface area contributed by atoms with Gasteiger partial charge in [0, 0.05) is 19.0 Å². The highest BCUT2D eigenvalue weighted by atomic mass is 32.2. The SMILES string of the molecule is C=CCn1c(SCC(=O)NCc2ccccc2)nnc1C1CC1. The summed E-state index contributed by atoms with van der Waals surface area (Å²) in [5, 5.41) is 12.2. The highest BCUT2D eigenvalue weighted by Gasteiger charge is 2.30. The fourth-order valence-corrected chi connectivity index (χ4v) is 3.11. The number of hydrogen-bond donors (Lipinski definition) is 1. The molecule has 1 aliphatic rings. The Balaban J connectivity index is 1.53. The first-order valence-corrected chi connectivity index (χ1v) is 8.74. The number of benzene rings is 1. The normalized spacial score (nSPS) is 13.7. The van der Waals surface area contributed by atoms with Gasteiger partial charge in [0.15, 0.2) is 5.16 Å². The van der Waals surface area contributed by atoms with Crippen LogP contribution in [0, 0.1) is 0 Å². The number of nitrogens with zero attached hydrogens (tertiary/aromatic N) is 3. The lowest BCUT2D eigenvalue weighted by atomic mass is 10.2. The van der Waals surface area contributed by atoms with Gasteiger partial charge in [0.25, 0.3) is 0 Å². The molecule has 3 rings (SSSR count). The van der Waals surface area contributed by atoms with Crippen molar-refractivity contribution in [2.45, 2.75) is 37.0 Å². The monoisotopic (exact) mass is 328 g/mol. The van der Waals surface area contributed by atoms with Crippen molar-refractivity contribution < 1.29 is 4.79 Å². The Morgan fingerprint density at radius 1 is 1.35 bits per heavy atom. The number of hydrogen-bond acceptors (Lipinski definition) is 4. The smallest absolute Gasteiger partial charge is 0.230 e. The Hall–Kier alpha value is -2.08. The van der Waals surface area contributed by atoms with Gasteiger partial charge >= 0.3 is 0 Å². The second kappa shape index (κ2) is 7.46. The fourth-order valence-electron chi connectivity index (χ4n) is 2.33. The third-order valence-electron chi connectivity index (χ3n) is 3.66. The Bertz CT molecular complexity index is 679. The van der Waals surface area contributed by atoms with Crippen molar-refractivity contribution in [1.29, 1.82) is 0 Å². The lowest BCUT2D eigenvalue weighted by Gasteiger charge is -2.07. The summed E-state index contributed by atoms with van der Waals surface area (Å²) in [6, 6.07) is 9.89. The van der Waals surface area contributed by atoms with Crippen LogP contribution >= 0.6 is 11.8 Å². The predicted octanol–water partition coefficient (Wildman–Crippen LogP) is 2.75. The van der Waals surface area contributed by atoms with Crippen LogP contribution < -0.4 is 5.32 Å². The van der Waals surface area contributed by atoms with Crippen molar-refractivity contribution in [2.24, 2.45) is 0 Å². The number of nitrogens with one attached hydrogen (secondary N) is 1. The van der Waals surface area contributed by atoms with Gasteiger partial charge in [0.1, 0.15) is 5.82 Å². The van der Waals surface area contributed by atoms with E-state index in [1.165, 1.54) is 24.6 Å². The van der Waals surface area contributed by atoms with E-state index in [4.69, 9.17) is 0 Å². The van der Waals surface area contributed by atoms with Gasteiger partial charge < -0.3 is 9.88 Å². The van der Waals surface area contributed by atoms with E-state index < -0.39 is 0 Å². The lowest BCUT2D eigenvalue weighted by Crippen LogP contribution is -2.24. The molecule has 2 aromatic rings. The second-order valence-corrected chi connectivity index (χ2v) is 6.51. The van der Waals surface area contributed by atoms with E-state index in [0.29, 0.717) is 24.8 Å². The summed E-state index contributed by atoms with van der Waals surface area (Å²) in [5.74, 6) is 1.90. The summed E-state index contributed by atoms with van der Waals surface area (Å²) in [5.41, 5.74) is 1.09. The van der Waals surface area contributed by atoms with Crippen molar-refractivity contribution in [3.63, 3.8) is 0 Å². The topological polar surface area (TPSA) is 59.8 Å². The number of carbonyl (C=O) groups is 1. The maximum Gasteiger partial charge on any atom is 0.230 e. The van der Waals surface area contributed by atoms with Gasteiger partial charge in [-0.05, 0) is 18.4 Å². The van der Waals surface area contributed by atoms with Gasteiger partial charge in [-0.15, -0.1) is 16.8 Å². The van der Waals surface area contributed by atoms with Crippen LogP contribution in [0.4, 0.5) is 0 Å². The third-order valence-corrected chi connectivity index (χ3v) is 4.63. The minimum absolute atomic E-state index is 0.0000203. The average Bonchev–Trinajstić information content (AvgIpc) is 3.34. The molecule has 1 N–H and O–H groups in total. The summed E-state index contributed by atoms with van der Waals surface area (Å²) in [7, 11) is 0. The fraction of sp³-hybridized carbons (Fsp3) is 0.353. The first-order valence-electron chi connectivity index (χ1n) is 7.75. The molecule has 23 heavy (non-hydrogen) atoms. The molecule has 0 aliphatic heterocycles. The minimum atomic E-state index is -0.0000203. The van der Waals surface area contributed by atoms with E-state index in [-0.39, 0.29) is 5.91 Å². The average molecular weight is 328 g/mol. The number of rotatable bonds is 8. The highest BCUT2D eigenvalue weighted by Crippen LogP contribution is 2.39. The van der Waals surface area contributed by atoms with E-state index in [9.17, 15) is 4.79 Å². The van der Waals surface area contributed by atoms with E-state index in [0.717, 1.165) is 16.5 Å². The zero-order valence-corrected chi connectivity index (χ0v) is 13.8. The van der Waals surface area contributed by atoms with E-state index in [1.54, 1.807) is 0 Å². The molecule has 0 atom stereocenters. The Morgan fingerprint density at radius 3 is 2.83 bits per heavy atom. The second-order valence-electron chi connectivity index (χ2n) is 5.57. The number of thioether (sulfide) groups is 1. The van der Waals surface area contributed by atoms with Crippen LogP contribution in [0.15, 0.2) is 48.1 Å². The quantitative estimate of drug-likeness (QED) is 0.598. The van der Waals surface area contributed by atoms with Gasteiger partial charge in [-0.3, -0.25) is 4.79 Å². The standard InChI is InChI=1S/C17H20N4OS/c1-2-10-21-16(14-8-9-14)19-20-17(21)23-12-15(22)18-11-13-6-4-3-5-7-13/h2-7,14H,1,8-12H2,(H,18,22). The molecule has 1 aliphatic carbocycles. The highest BCUT2D eigenvalue weighted by molar-refractivity contribution is 7.99. The van der Waals surface area contributed by atoms with Crippen LogP contribution in [0.25, 0.3) is 0 Å². The van der Waals surface area contributed by atoms with Crippen molar-refractivity contribution in [2.75, 3.05) is 5.75 Å². The van der Waals surface area contributed by atoms with Crippen molar-refractivity contribution in [1.82, 2.24) is 20.1 Å². The molecule has 120 valence electrons. The molecule has 0 spiro atoms. The van der Waals surface area contributed by atoms with Crippen LogP contribution in [0.2, 0.25) is 0 Å². The van der Waals surface area contributed by atoms with E-state index >= 15 is 0 Å². The predicted molar refractivity (Wildman–Crippen MR) is 91.2 cm³/mol. The molecule has 0 radical (unpaired) electrons. The zero-order chi connectivity index (χ0) is 16.1. The summed E-state index contributed by atoms with van der Waals surface area (Å²) in [4.78, 5) is 12.0.